The summed E-state index contributed by atoms with van der Waals surface area (Å²) in [5, 5.41) is 3.48. The van der Waals surface area contributed by atoms with Crippen LogP contribution in [0, 0.1) is 0 Å². The highest BCUT2D eigenvalue weighted by Crippen LogP contribution is 2.13. The zero-order valence-corrected chi connectivity index (χ0v) is 12.3. The molecule has 0 amide bonds. The van der Waals surface area contributed by atoms with Crippen LogP contribution in [-0.4, -0.2) is 35.1 Å². The Balaban J connectivity index is 2.60. The van der Waals surface area contributed by atoms with E-state index in [0.29, 0.717) is 17.9 Å². The molecule has 0 spiro atoms. The van der Waals surface area contributed by atoms with E-state index >= 15 is 0 Å². The van der Waals surface area contributed by atoms with E-state index < -0.39 is 0 Å². The van der Waals surface area contributed by atoms with E-state index in [9.17, 15) is 0 Å². The molecule has 1 N–H and O–H groups in total. The topological polar surface area (TPSA) is 53.9 Å². The standard InChI is InChI=1S/C12H22ClN5/c1-5-6-7-8-9(2)14-11-15-10(13)16-12(17-11)18(3)4/h9H,5-8H2,1-4H3,(H,14,15,16,17). The van der Waals surface area contributed by atoms with Gasteiger partial charge < -0.3 is 10.2 Å². The fourth-order valence-electron chi connectivity index (χ4n) is 1.60. The van der Waals surface area contributed by atoms with Gasteiger partial charge in [-0.2, -0.15) is 15.0 Å². The molecule has 18 heavy (non-hydrogen) atoms. The van der Waals surface area contributed by atoms with Crippen LogP contribution in [0.2, 0.25) is 5.28 Å². The molecule has 0 aromatic carbocycles. The number of hydrogen-bond donors (Lipinski definition) is 1. The van der Waals surface area contributed by atoms with Gasteiger partial charge in [0.15, 0.2) is 0 Å². The molecule has 1 heterocycles. The number of rotatable bonds is 7. The Morgan fingerprint density at radius 2 is 1.94 bits per heavy atom. The molecule has 102 valence electrons. The SMILES string of the molecule is CCCCCC(C)Nc1nc(Cl)nc(N(C)C)n1. The largest absolute Gasteiger partial charge is 0.352 e. The molecule has 6 heteroatoms. The average Bonchev–Trinajstić information content (AvgIpc) is 2.28. The minimum absolute atomic E-state index is 0.219. The first-order valence-electron chi connectivity index (χ1n) is 6.38. The Morgan fingerprint density at radius 3 is 2.56 bits per heavy atom. The van der Waals surface area contributed by atoms with E-state index in [1.54, 1.807) is 4.90 Å². The van der Waals surface area contributed by atoms with Gasteiger partial charge >= 0.3 is 0 Å². The summed E-state index contributed by atoms with van der Waals surface area (Å²) < 4.78 is 0. The number of unbranched alkanes of at least 4 members (excludes halogenated alkanes) is 2. The van der Waals surface area contributed by atoms with Crippen molar-refractivity contribution in [3.63, 3.8) is 0 Å². The highest BCUT2D eigenvalue weighted by molar-refractivity contribution is 6.28. The Kier molecular flexibility index (Phi) is 6.12. The molecule has 1 aromatic heterocycles. The third kappa shape index (κ3) is 5.04. The highest BCUT2D eigenvalue weighted by atomic mass is 35.5. The molecule has 0 radical (unpaired) electrons. The van der Waals surface area contributed by atoms with Gasteiger partial charge in [-0.3, -0.25) is 0 Å². The van der Waals surface area contributed by atoms with Crippen LogP contribution in [0.15, 0.2) is 0 Å². The van der Waals surface area contributed by atoms with E-state index in [4.69, 9.17) is 11.6 Å². The summed E-state index contributed by atoms with van der Waals surface area (Å²) in [6.07, 6.45) is 4.81. The van der Waals surface area contributed by atoms with Gasteiger partial charge in [-0.05, 0) is 24.9 Å². The van der Waals surface area contributed by atoms with Gasteiger partial charge in [-0.15, -0.1) is 0 Å². The van der Waals surface area contributed by atoms with Crippen molar-refractivity contribution in [2.75, 3.05) is 24.3 Å². The Hall–Kier alpha value is -1.10. The van der Waals surface area contributed by atoms with Crippen LogP contribution < -0.4 is 10.2 Å². The molecule has 0 saturated heterocycles. The maximum Gasteiger partial charge on any atom is 0.230 e. The van der Waals surface area contributed by atoms with Crippen LogP contribution in [0.25, 0.3) is 0 Å². The molecule has 1 unspecified atom stereocenters. The van der Waals surface area contributed by atoms with Gasteiger partial charge in [0.25, 0.3) is 0 Å². The normalized spacial score (nSPS) is 12.3. The van der Waals surface area contributed by atoms with Crippen molar-refractivity contribution in [3.05, 3.63) is 5.28 Å². The lowest BCUT2D eigenvalue weighted by Gasteiger charge is -2.15. The number of aromatic nitrogens is 3. The average molecular weight is 272 g/mol. The van der Waals surface area contributed by atoms with Gasteiger partial charge in [0.05, 0.1) is 0 Å². The van der Waals surface area contributed by atoms with E-state index in [-0.39, 0.29) is 5.28 Å². The molecule has 1 aromatic rings. The van der Waals surface area contributed by atoms with Crippen molar-refractivity contribution < 1.29 is 0 Å². The minimum Gasteiger partial charge on any atom is -0.352 e. The number of nitrogens with zero attached hydrogens (tertiary/aromatic N) is 4. The summed E-state index contributed by atoms with van der Waals surface area (Å²) in [6, 6.07) is 0.338. The molecular formula is C12H22ClN5. The van der Waals surface area contributed by atoms with Crippen LogP contribution >= 0.6 is 11.6 Å². The molecule has 1 atom stereocenters. The molecule has 5 nitrogen and oxygen atoms in total. The minimum atomic E-state index is 0.219. The second-order valence-electron chi connectivity index (χ2n) is 4.66. The molecule has 0 bridgehead atoms. The first kappa shape index (κ1) is 15.0. The fraction of sp³-hybridized carbons (Fsp3) is 0.750. The van der Waals surface area contributed by atoms with Gasteiger partial charge in [0.1, 0.15) is 0 Å². The predicted octanol–water partition coefficient (Wildman–Crippen LogP) is 2.97. The zero-order valence-electron chi connectivity index (χ0n) is 11.6. The van der Waals surface area contributed by atoms with Gasteiger partial charge in [-0.1, -0.05) is 26.2 Å². The summed E-state index contributed by atoms with van der Waals surface area (Å²) in [6.45, 7) is 4.33. The molecule has 0 aliphatic heterocycles. The van der Waals surface area contributed by atoms with Crippen molar-refractivity contribution in [2.45, 2.75) is 45.6 Å². The van der Waals surface area contributed by atoms with Crippen LogP contribution in [0.1, 0.15) is 39.5 Å². The summed E-state index contributed by atoms with van der Waals surface area (Å²) in [5.41, 5.74) is 0. The van der Waals surface area contributed by atoms with Gasteiger partial charge in [0, 0.05) is 20.1 Å². The van der Waals surface area contributed by atoms with Crippen molar-refractivity contribution >= 4 is 23.5 Å². The Labute approximate surface area is 114 Å². The van der Waals surface area contributed by atoms with Crippen molar-refractivity contribution in [1.82, 2.24) is 15.0 Å². The smallest absolute Gasteiger partial charge is 0.230 e. The highest BCUT2D eigenvalue weighted by Gasteiger charge is 2.09. The summed E-state index contributed by atoms with van der Waals surface area (Å²) >= 11 is 5.88. The van der Waals surface area contributed by atoms with Crippen molar-refractivity contribution in [3.8, 4) is 0 Å². The van der Waals surface area contributed by atoms with Crippen LogP contribution in [0.5, 0.6) is 0 Å². The molecule has 0 saturated carbocycles. The second-order valence-corrected chi connectivity index (χ2v) is 5.00. The number of halogens is 1. The third-order valence-electron chi connectivity index (χ3n) is 2.61. The maximum absolute atomic E-state index is 5.88. The number of nitrogens with one attached hydrogen (secondary N) is 1. The molecule has 0 fully saturated rings. The van der Waals surface area contributed by atoms with Crippen molar-refractivity contribution in [1.29, 1.82) is 0 Å². The molecular weight excluding hydrogens is 250 g/mol. The van der Waals surface area contributed by atoms with Crippen molar-refractivity contribution in [2.24, 2.45) is 0 Å². The van der Waals surface area contributed by atoms with Gasteiger partial charge in [-0.25, -0.2) is 0 Å². The van der Waals surface area contributed by atoms with Gasteiger partial charge in [0.2, 0.25) is 17.2 Å². The quantitative estimate of drug-likeness (QED) is 0.773. The molecule has 1 rings (SSSR count). The lowest BCUT2D eigenvalue weighted by Crippen LogP contribution is -2.20. The molecule has 0 aliphatic rings. The Morgan fingerprint density at radius 1 is 1.22 bits per heavy atom. The third-order valence-corrected chi connectivity index (χ3v) is 2.78. The maximum atomic E-state index is 5.88. The van der Waals surface area contributed by atoms with Crippen LogP contribution in [0.4, 0.5) is 11.9 Å². The second kappa shape index (κ2) is 7.36. The monoisotopic (exact) mass is 271 g/mol. The Bertz CT molecular complexity index is 369. The summed E-state index contributed by atoms with van der Waals surface area (Å²) in [4.78, 5) is 14.3. The summed E-state index contributed by atoms with van der Waals surface area (Å²) in [5.74, 6) is 1.11. The summed E-state index contributed by atoms with van der Waals surface area (Å²) in [7, 11) is 3.75. The first-order valence-corrected chi connectivity index (χ1v) is 6.76. The van der Waals surface area contributed by atoms with E-state index in [2.05, 4.69) is 34.1 Å². The molecule has 0 aliphatic carbocycles. The predicted molar refractivity (Wildman–Crippen MR) is 76.4 cm³/mol. The van der Waals surface area contributed by atoms with E-state index in [0.717, 1.165) is 6.42 Å². The van der Waals surface area contributed by atoms with E-state index in [1.165, 1.54) is 19.3 Å². The lowest BCUT2D eigenvalue weighted by molar-refractivity contribution is 0.611. The lowest BCUT2D eigenvalue weighted by atomic mass is 10.1. The number of hydrogen-bond acceptors (Lipinski definition) is 5. The first-order chi connectivity index (χ1) is 8.52. The number of anilines is 2. The van der Waals surface area contributed by atoms with Crippen LogP contribution in [-0.2, 0) is 0 Å². The van der Waals surface area contributed by atoms with Crippen LogP contribution in [0.3, 0.4) is 0 Å². The van der Waals surface area contributed by atoms with E-state index in [1.807, 2.05) is 14.1 Å². The zero-order chi connectivity index (χ0) is 13.5. The fourth-order valence-corrected chi connectivity index (χ4v) is 1.75.